The number of rotatable bonds is 2. The van der Waals surface area contributed by atoms with Crippen molar-refractivity contribution in [1.29, 1.82) is 0 Å². The molecule has 0 unspecified atom stereocenters. The molecule has 0 aromatic heterocycles. The van der Waals surface area contributed by atoms with Crippen molar-refractivity contribution in [3.05, 3.63) is 59.8 Å². The molecular weight excluding hydrogens is 483 g/mol. The molecule has 2 aromatic carbocycles. The number of carbonyl (C=O) groups excluding carboxylic acids is 1. The van der Waals surface area contributed by atoms with Crippen LogP contribution in [0.5, 0.6) is 0 Å². The molecular formula is C13H6BrCl2FINO. The van der Waals surface area contributed by atoms with E-state index in [1.54, 1.807) is 12.1 Å². The number of halogens is 5. The van der Waals surface area contributed by atoms with E-state index in [1.807, 2.05) is 22.6 Å². The topological polar surface area (TPSA) is 29.1 Å². The predicted octanol–water partition coefficient (Wildman–Crippen LogP) is 5.75. The van der Waals surface area contributed by atoms with Crippen LogP contribution in [0.25, 0.3) is 0 Å². The lowest BCUT2D eigenvalue weighted by molar-refractivity contribution is 0.102. The minimum absolute atomic E-state index is 0.242. The minimum atomic E-state index is -0.393. The van der Waals surface area contributed by atoms with Gasteiger partial charge in [-0.25, -0.2) is 4.39 Å². The summed E-state index contributed by atoms with van der Waals surface area (Å²) >= 11 is 17.2. The van der Waals surface area contributed by atoms with E-state index >= 15 is 0 Å². The van der Waals surface area contributed by atoms with Crippen LogP contribution in [0.15, 0.2) is 34.8 Å². The number of hydrogen-bond donors (Lipinski definition) is 1. The Bertz CT molecular complexity index is 696. The molecule has 2 rings (SSSR count). The fourth-order valence-corrected chi connectivity index (χ4v) is 3.03. The molecule has 0 aliphatic heterocycles. The summed E-state index contributed by atoms with van der Waals surface area (Å²) in [5, 5.41) is 3.21. The molecule has 1 N–H and O–H groups in total. The van der Waals surface area contributed by atoms with Crippen LogP contribution in [0, 0.1) is 9.39 Å². The van der Waals surface area contributed by atoms with E-state index in [4.69, 9.17) is 23.2 Å². The second-order valence-electron chi connectivity index (χ2n) is 3.80. The highest BCUT2D eigenvalue weighted by Crippen LogP contribution is 2.36. The first-order chi connectivity index (χ1) is 9.40. The third kappa shape index (κ3) is 3.44. The second kappa shape index (κ2) is 6.60. The maximum Gasteiger partial charge on any atom is 0.256 e. The van der Waals surface area contributed by atoms with Crippen LogP contribution in [-0.2, 0) is 0 Å². The Hall–Kier alpha value is -0.370. The lowest BCUT2D eigenvalue weighted by atomic mass is 10.2. The van der Waals surface area contributed by atoms with Gasteiger partial charge in [0.15, 0.2) is 0 Å². The molecule has 1 amide bonds. The smallest absolute Gasteiger partial charge is 0.256 e. The third-order valence-electron chi connectivity index (χ3n) is 2.46. The lowest BCUT2D eigenvalue weighted by Gasteiger charge is -2.10. The summed E-state index contributed by atoms with van der Waals surface area (Å²) < 4.78 is 14.2. The van der Waals surface area contributed by atoms with Gasteiger partial charge in [0.1, 0.15) is 5.82 Å². The van der Waals surface area contributed by atoms with Gasteiger partial charge in [-0.1, -0.05) is 23.2 Å². The van der Waals surface area contributed by atoms with Gasteiger partial charge in [0.05, 0.1) is 21.3 Å². The molecule has 2 aromatic rings. The lowest BCUT2D eigenvalue weighted by Crippen LogP contribution is -2.14. The van der Waals surface area contributed by atoms with Gasteiger partial charge in [0, 0.05) is 8.04 Å². The normalized spacial score (nSPS) is 10.4. The maximum absolute atomic E-state index is 13.0. The molecule has 0 fully saturated rings. The molecule has 0 spiro atoms. The average Bonchev–Trinajstić information content (AvgIpc) is 2.39. The van der Waals surface area contributed by atoms with Gasteiger partial charge in [0.25, 0.3) is 5.91 Å². The van der Waals surface area contributed by atoms with Gasteiger partial charge in [-0.3, -0.25) is 4.79 Å². The van der Waals surface area contributed by atoms with Gasteiger partial charge in [-0.05, 0) is 68.9 Å². The Morgan fingerprint density at radius 3 is 2.55 bits per heavy atom. The summed E-state index contributed by atoms with van der Waals surface area (Å²) in [5.41, 5.74) is 0.757. The second-order valence-corrected chi connectivity index (χ2v) is 6.57. The Kier molecular flexibility index (Phi) is 5.28. The fraction of sp³-hybridized carbons (Fsp3) is 0. The molecule has 0 saturated carbocycles. The highest BCUT2D eigenvalue weighted by molar-refractivity contribution is 14.1. The van der Waals surface area contributed by atoms with Gasteiger partial charge in [-0.2, -0.15) is 0 Å². The van der Waals surface area contributed by atoms with E-state index < -0.39 is 5.82 Å². The van der Waals surface area contributed by atoms with Crippen LogP contribution in [0.3, 0.4) is 0 Å². The van der Waals surface area contributed by atoms with Gasteiger partial charge >= 0.3 is 0 Å². The van der Waals surface area contributed by atoms with Crippen molar-refractivity contribution in [3.63, 3.8) is 0 Å². The summed E-state index contributed by atoms with van der Waals surface area (Å²) in [4.78, 5) is 12.1. The molecule has 0 saturated heterocycles. The molecule has 20 heavy (non-hydrogen) atoms. The monoisotopic (exact) mass is 487 g/mol. The largest absolute Gasteiger partial charge is 0.321 e. The molecule has 104 valence electrons. The van der Waals surface area contributed by atoms with Crippen LogP contribution >= 0.6 is 61.7 Å². The van der Waals surface area contributed by atoms with Crippen LogP contribution in [-0.4, -0.2) is 5.91 Å². The number of benzene rings is 2. The van der Waals surface area contributed by atoms with Gasteiger partial charge in [0.2, 0.25) is 0 Å². The van der Waals surface area contributed by atoms with Crippen molar-refractivity contribution in [3.8, 4) is 0 Å². The van der Waals surface area contributed by atoms with Gasteiger partial charge in [-0.15, -0.1) is 0 Å². The number of anilines is 1. The molecule has 7 heteroatoms. The van der Waals surface area contributed by atoms with Crippen LogP contribution in [0.4, 0.5) is 10.1 Å². The predicted molar refractivity (Wildman–Crippen MR) is 91.2 cm³/mol. The summed E-state index contributed by atoms with van der Waals surface area (Å²) in [5.74, 6) is -0.773. The summed E-state index contributed by atoms with van der Waals surface area (Å²) in [6, 6.07) is 7.24. The zero-order chi connectivity index (χ0) is 14.9. The quantitative estimate of drug-likeness (QED) is 0.423. The van der Waals surface area contributed by atoms with Crippen LogP contribution in [0.1, 0.15) is 10.4 Å². The van der Waals surface area contributed by atoms with Crippen LogP contribution in [0.2, 0.25) is 10.0 Å². The molecule has 2 nitrogen and oxygen atoms in total. The highest BCUT2D eigenvalue weighted by Gasteiger charge is 2.14. The SMILES string of the molecule is O=C(Nc1ccc(Br)c(Cl)c1Cl)c1ccc(F)cc1I. The molecule has 0 bridgehead atoms. The van der Waals surface area contributed by atoms with Crippen molar-refractivity contribution in [2.24, 2.45) is 0 Å². The highest BCUT2D eigenvalue weighted by atomic mass is 127. The van der Waals surface area contributed by atoms with Crippen molar-refractivity contribution < 1.29 is 9.18 Å². The Morgan fingerprint density at radius 1 is 1.20 bits per heavy atom. The van der Waals surface area contributed by atoms with E-state index in [0.717, 1.165) is 0 Å². The molecule has 0 aliphatic carbocycles. The zero-order valence-corrected chi connectivity index (χ0v) is 14.9. The first kappa shape index (κ1) is 16.0. The van der Waals surface area contributed by atoms with Crippen molar-refractivity contribution in [2.75, 3.05) is 5.32 Å². The Balaban J connectivity index is 2.30. The number of carbonyl (C=O) groups is 1. The van der Waals surface area contributed by atoms with Crippen molar-refractivity contribution in [2.45, 2.75) is 0 Å². The molecule has 0 aliphatic rings. The van der Waals surface area contributed by atoms with E-state index in [9.17, 15) is 9.18 Å². The third-order valence-corrected chi connectivity index (χ3v) is 5.12. The molecule has 0 heterocycles. The number of amides is 1. The van der Waals surface area contributed by atoms with E-state index in [2.05, 4.69) is 21.2 Å². The van der Waals surface area contributed by atoms with E-state index in [1.165, 1.54) is 18.2 Å². The van der Waals surface area contributed by atoms with Crippen molar-refractivity contribution >= 4 is 73.3 Å². The summed E-state index contributed by atoms with van der Waals surface area (Å²) in [6.07, 6.45) is 0. The minimum Gasteiger partial charge on any atom is -0.321 e. The van der Waals surface area contributed by atoms with Crippen LogP contribution < -0.4 is 5.32 Å². The summed E-state index contributed by atoms with van der Waals surface area (Å²) in [7, 11) is 0. The summed E-state index contributed by atoms with van der Waals surface area (Å²) in [6.45, 7) is 0. The van der Waals surface area contributed by atoms with E-state index in [-0.39, 0.29) is 10.9 Å². The van der Waals surface area contributed by atoms with E-state index in [0.29, 0.717) is 24.3 Å². The first-order valence-corrected chi connectivity index (χ1v) is 7.93. The standard InChI is InChI=1S/C13H6BrCl2FINO/c14-8-3-4-10(12(16)11(8)15)19-13(20)7-2-1-6(17)5-9(7)18/h1-5H,(H,19,20). The molecule has 0 atom stereocenters. The first-order valence-electron chi connectivity index (χ1n) is 5.30. The molecule has 0 radical (unpaired) electrons. The van der Waals surface area contributed by atoms with Crippen molar-refractivity contribution in [1.82, 2.24) is 0 Å². The van der Waals surface area contributed by atoms with Gasteiger partial charge < -0.3 is 5.32 Å². The average molecular weight is 489 g/mol. The fourth-order valence-electron chi connectivity index (χ4n) is 1.49. The number of hydrogen-bond acceptors (Lipinski definition) is 1. The zero-order valence-electron chi connectivity index (χ0n) is 9.68. The Labute approximate surface area is 146 Å². The number of nitrogens with one attached hydrogen (secondary N) is 1. The Morgan fingerprint density at radius 2 is 1.90 bits per heavy atom. The maximum atomic E-state index is 13.0.